The summed E-state index contributed by atoms with van der Waals surface area (Å²) in [6, 6.07) is 14.8. The number of Topliss-reactive ketones (excluding diaryl/α,β-unsaturated/α-hetero) is 1. The molecule has 1 saturated heterocycles. The van der Waals surface area contributed by atoms with E-state index in [1.54, 1.807) is 42.5 Å². The Morgan fingerprint density at radius 2 is 1.68 bits per heavy atom. The molecule has 194 valence electrons. The summed E-state index contributed by atoms with van der Waals surface area (Å²) in [5, 5.41) is 11.8. The zero-order valence-electron chi connectivity index (χ0n) is 21.6. The maximum absolute atomic E-state index is 13.6. The molecule has 1 amide bonds. The average Bonchev–Trinajstić information content (AvgIpc) is 3.46. The van der Waals surface area contributed by atoms with Gasteiger partial charge in [0.15, 0.2) is 5.13 Å². The normalized spacial score (nSPS) is 16.8. The minimum atomic E-state index is -1.02. The van der Waals surface area contributed by atoms with Gasteiger partial charge in [-0.15, -0.1) is 0 Å². The van der Waals surface area contributed by atoms with Gasteiger partial charge in [-0.2, -0.15) is 0 Å². The number of amides is 1. The number of hydrogen-bond acceptors (Lipinski definition) is 8. The van der Waals surface area contributed by atoms with Crippen molar-refractivity contribution in [3.05, 3.63) is 82.4 Å². The summed E-state index contributed by atoms with van der Waals surface area (Å²) >= 11 is 1.31. The number of rotatable bonds is 6. The fourth-order valence-electron chi connectivity index (χ4n) is 4.76. The number of carbonyl (C=O) groups is 2. The van der Waals surface area contributed by atoms with Crippen LogP contribution in [-0.2, 0) is 9.59 Å². The number of carbonyl (C=O) groups excluding carboxylic acids is 2. The number of hydrogen-bond donors (Lipinski definition) is 1. The Kier molecular flexibility index (Phi) is 6.54. The lowest BCUT2D eigenvalue weighted by atomic mass is 9.94. The SMILES string of the molecule is COc1cccc(C(O)=C2C(=O)C(=O)N(c3nc4c(C)cc(C)cc4s3)[C@@H]2c2cc(OC)ccc2OC)c1. The number of fused-ring (bicyclic) bond motifs is 1. The summed E-state index contributed by atoms with van der Waals surface area (Å²) in [7, 11) is 4.54. The first kappa shape index (κ1) is 25.3. The molecule has 0 unspecified atom stereocenters. The molecule has 0 radical (unpaired) electrons. The first-order valence-electron chi connectivity index (χ1n) is 11.8. The van der Waals surface area contributed by atoms with Gasteiger partial charge in [-0.1, -0.05) is 29.5 Å². The van der Waals surface area contributed by atoms with E-state index in [9.17, 15) is 14.7 Å². The Bertz CT molecular complexity index is 1620. The lowest BCUT2D eigenvalue weighted by Gasteiger charge is -2.25. The van der Waals surface area contributed by atoms with E-state index in [0.29, 0.717) is 33.5 Å². The summed E-state index contributed by atoms with van der Waals surface area (Å²) in [5.74, 6) is -0.524. The van der Waals surface area contributed by atoms with E-state index < -0.39 is 17.7 Å². The van der Waals surface area contributed by atoms with Crippen LogP contribution in [0.5, 0.6) is 17.2 Å². The van der Waals surface area contributed by atoms with Crippen LogP contribution in [-0.4, -0.2) is 43.1 Å². The highest BCUT2D eigenvalue weighted by molar-refractivity contribution is 7.22. The summed E-state index contributed by atoms with van der Waals surface area (Å²) in [6.45, 7) is 3.95. The van der Waals surface area contributed by atoms with Gasteiger partial charge < -0.3 is 19.3 Å². The highest BCUT2D eigenvalue weighted by Gasteiger charge is 2.49. The van der Waals surface area contributed by atoms with Gasteiger partial charge in [0, 0.05) is 11.1 Å². The number of methoxy groups -OCH3 is 3. The van der Waals surface area contributed by atoms with Crippen LogP contribution in [0.15, 0.2) is 60.2 Å². The van der Waals surface area contributed by atoms with Crippen molar-refractivity contribution in [3.8, 4) is 17.2 Å². The number of benzene rings is 3. The Morgan fingerprint density at radius 1 is 0.947 bits per heavy atom. The number of aromatic nitrogens is 1. The van der Waals surface area contributed by atoms with Gasteiger partial charge in [0.2, 0.25) is 0 Å². The monoisotopic (exact) mass is 530 g/mol. The molecule has 3 aromatic carbocycles. The van der Waals surface area contributed by atoms with Gasteiger partial charge in [0.25, 0.3) is 5.78 Å². The molecule has 1 aliphatic heterocycles. The van der Waals surface area contributed by atoms with Crippen molar-refractivity contribution >= 4 is 44.1 Å². The second-order valence-electron chi connectivity index (χ2n) is 8.93. The fraction of sp³-hybridized carbons (Fsp3) is 0.207. The molecule has 0 saturated carbocycles. The van der Waals surface area contributed by atoms with Gasteiger partial charge in [0.05, 0.1) is 37.1 Å². The highest BCUT2D eigenvalue weighted by Crippen LogP contribution is 2.47. The minimum absolute atomic E-state index is 0.0815. The van der Waals surface area contributed by atoms with Crippen LogP contribution in [0.2, 0.25) is 0 Å². The van der Waals surface area contributed by atoms with E-state index in [1.165, 1.54) is 37.6 Å². The number of aryl methyl sites for hydroxylation is 2. The Morgan fingerprint density at radius 3 is 2.39 bits per heavy atom. The standard InChI is InChI=1S/C29H26N2O6S/c1-15-11-16(2)24-22(12-15)38-29(30-24)31-25(20-14-19(36-4)9-10-21(20)37-5)23(27(33)28(31)34)26(32)17-7-6-8-18(13-17)35-3/h6-14,25,32H,1-5H3/t25-/m1/s1. The molecular formula is C29H26N2O6S. The van der Waals surface area contributed by atoms with E-state index in [0.717, 1.165) is 21.3 Å². The number of aliphatic hydroxyl groups is 1. The molecule has 1 aliphatic rings. The Balaban J connectivity index is 1.80. The minimum Gasteiger partial charge on any atom is -0.507 e. The van der Waals surface area contributed by atoms with E-state index >= 15 is 0 Å². The van der Waals surface area contributed by atoms with Crippen molar-refractivity contribution in [2.24, 2.45) is 0 Å². The summed E-state index contributed by atoms with van der Waals surface area (Å²) in [4.78, 5) is 33.3. The van der Waals surface area contributed by atoms with Gasteiger partial charge in [-0.25, -0.2) is 4.98 Å². The second kappa shape index (κ2) is 9.83. The molecule has 8 nitrogen and oxygen atoms in total. The third kappa shape index (κ3) is 4.14. The van der Waals surface area contributed by atoms with E-state index in [-0.39, 0.29) is 11.3 Å². The van der Waals surface area contributed by atoms with Gasteiger partial charge in [-0.05, 0) is 61.4 Å². The fourth-order valence-corrected chi connectivity index (χ4v) is 5.93. The third-order valence-corrected chi connectivity index (χ3v) is 7.55. The number of ketones is 1. The predicted molar refractivity (Wildman–Crippen MR) is 146 cm³/mol. The zero-order chi connectivity index (χ0) is 27.1. The largest absolute Gasteiger partial charge is 0.507 e. The Labute approximate surface area is 223 Å². The molecule has 1 fully saturated rings. The van der Waals surface area contributed by atoms with Gasteiger partial charge in [-0.3, -0.25) is 14.5 Å². The number of aliphatic hydroxyl groups excluding tert-OH is 1. The highest BCUT2D eigenvalue weighted by atomic mass is 32.1. The van der Waals surface area contributed by atoms with Crippen LogP contribution in [0.3, 0.4) is 0 Å². The zero-order valence-corrected chi connectivity index (χ0v) is 22.4. The molecular weight excluding hydrogens is 504 g/mol. The average molecular weight is 531 g/mol. The molecule has 4 aromatic rings. The first-order chi connectivity index (χ1) is 18.3. The smallest absolute Gasteiger partial charge is 0.301 e. The molecule has 0 spiro atoms. The maximum Gasteiger partial charge on any atom is 0.301 e. The maximum atomic E-state index is 13.6. The molecule has 9 heteroatoms. The van der Waals surface area contributed by atoms with Crippen molar-refractivity contribution in [2.75, 3.05) is 26.2 Å². The Hall–Kier alpha value is -4.37. The van der Waals surface area contributed by atoms with Crippen molar-refractivity contribution in [3.63, 3.8) is 0 Å². The summed E-state index contributed by atoms with van der Waals surface area (Å²) in [5.41, 5.74) is 3.51. The van der Waals surface area contributed by atoms with Crippen molar-refractivity contribution in [1.29, 1.82) is 0 Å². The van der Waals surface area contributed by atoms with E-state index in [1.807, 2.05) is 26.0 Å². The van der Waals surface area contributed by atoms with Crippen molar-refractivity contribution in [1.82, 2.24) is 4.98 Å². The number of thiazole rings is 1. The van der Waals surface area contributed by atoms with Crippen LogP contribution in [0.4, 0.5) is 5.13 Å². The van der Waals surface area contributed by atoms with Crippen LogP contribution < -0.4 is 19.1 Å². The molecule has 1 atom stereocenters. The quantitative estimate of drug-likeness (QED) is 0.198. The van der Waals surface area contributed by atoms with Crippen molar-refractivity contribution in [2.45, 2.75) is 19.9 Å². The van der Waals surface area contributed by atoms with E-state index in [2.05, 4.69) is 0 Å². The molecule has 1 aromatic heterocycles. The number of anilines is 1. The lowest BCUT2D eigenvalue weighted by molar-refractivity contribution is -0.132. The lowest BCUT2D eigenvalue weighted by Crippen LogP contribution is -2.29. The third-order valence-electron chi connectivity index (χ3n) is 6.54. The number of ether oxygens (including phenoxy) is 3. The second-order valence-corrected chi connectivity index (χ2v) is 9.94. The molecule has 1 N–H and O–H groups in total. The van der Waals surface area contributed by atoms with Gasteiger partial charge in [0.1, 0.15) is 29.0 Å². The predicted octanol–water partition coefficient (Wildman–Crippen LogP) is 5.57. The molecule has 0 aliphatic carbocycles. The number of nitrogens with zero attached hydrogens (tertiary/aromatic N) is 2. The van der Waals surface area contributed by atoms with Crippen LogP contribution in [0, 0.1) is 13.8 Å². The molecule has 38 heavy (non-hydrogen) atoms. The van der Waals surface area contributed by atoms with Crippen LogP contribution >= 0.6 is 11.3 Å². The summed E-state index contributed by atoms with van der Waals surface area (Å²) < 4.78 is 17.3. The summed E-state index contributed by atoms with van der Waals surface area (Å²) in [6.07, 6.45) is 0. The van der Waals surface area contributed by atoms with Crippen LogP contribution in [0.1, 0.15) is 28.3 Å². The molecule has 2 heterocycles. The van der Waals surface area contributed by atoms with Gasteiger partial charge >= 0.3 is 5.91 Å². The van der Waals surface area contributed by atoms with Crippen molar-refractivity contribution < 1.29 is 28.9 Å². The topological polar surface area (TPSA) is 98.2 Å². The molecule has 0 bridgehead atoms. The van der Waals surface area contributed by atoms with E-state index in [4.69, 9.17) is 19.2 Å². The van der Waals surface area contributed by atoms with Crippen LogP contribution in [0.25, 0.3) is 16.0 Å². The first-order valence-corrected chi connectivity index (χ1v) is 12.6. The molecule has 5 rings (SSSR count).